The van der Waals surface area contributed by atoms with E-state index in [0.717, 1.165) is 11.3 Å². The molecule has 4 heteroatoms. The Morgan fingerprint density at radius 2 is 2.13 bits per heavy atom. The molecule has 1 aromatic carbocycles. The number of ether oxygens (including phenoxy) is 1. The van der Waals surface area contributed by atoms with Gasteiger partial charge in [0.15, 0.2) is 6.29 Å². The largest absolute Gasteiger partial charge is 0.469 e. The number of carbonyl (C=O) groups excluding carboxylic acids is 1. The number of nitrogens with zero attached hydrogens (tertiary/aromatic N) is 1. The first kappa shape index (κ1) is 9.45. The van der Waals surface area contributed by atoms with E-state index >= 15 is 0 Å². The highest BCUT2D eigenvalue weighted by Gasteiger charge is 2.02. The predicted molar refractivity (Wildman–Crippen MR) is 55.6 cm³/mol. The van der Waals surface area contributed by atoms with Gasteiger partial charge in [0.1, 0.15) is 6.61 Å². The van der Waals surface area contributed by atoms with Gasteiger partial charge in [-0.2, -0.15) is 0 Å². The molecular formula is C11H10N2O2. The minimum absolute atomic E-state index is 0.0269. The van der Waals surface area contributed by atoms with Gasteiger partial charge in [0, 0.05) is 6.07 Å². The molecule has 0 atom stereocenters. The first-order chi connectivity index (χ1) is 7.40. The van der Waals surface area contributed by atoms with Crippen molar-refractivity contribution in [2.24, 2.45) is 0 Å². The number of aldehydes is 1. The zero-order valence-electron chi connectivity index (χ0n) is 8.01. The Labute approximate surface area is 86.9 Å². The Morgan fingerprint density at radius 1 is 1.33 bits per heavy atom. The average molecular weight is 202 g/mol. The Morgan fingerprint density at radius 3 is 2.87 bits per heavy atom. The summed E-state index contributed by atoms with van der Waals surface area (Å²) in [5.41, 5.74) is 1.91. The molecule has 0 radical (unpaired) electrons. The molecule has 0 fully saturated rings. The van der Waals surface area contributed by atoms with Crippen LogP contribution in [-0.4, -0.2) is 23.1 Å². The first-order valence-corrected chi connectivity index (χ1v) is 4.57. The predicted octanol–water partition coefficient (Wildman–Crippen LogP) is 1.65. The fourth-order valence-electron chi connectivity index (χ4n) is 1.26. The van der Waals surface area contributed by atoms with E-state index in [4.69, 9.17) is 4.74 Å². The minimum Gasteiger partial charge on any atom is -0.469 e. The second-order valence-electron chi connectivity index (χ2n) is 2.96. The highest BCUT2D eigenvalue weighted by atomic mass is 16.5. The lowest BCUT2D eigenvalue weighted by Crippen LogP contribution is -1.97. The third-order valence-corrected chi connectivity index (χ3v) is 1.94. The second-order valence-corrected chi connectivity index (χ2v) is 2.96. The highest BCUT2D eigenvalue weighted by Crippen LogP contribution is 2.19. The van der Waals surface area contributed by atoms with E-state index < -0.39 is 0 Å². The summed E-state index contributed by atoms with van der Waals surface area (Å²) in [5, 5.41) is 6.76. The molecule has 1 N–H and O–H groups in total. The van der Waals surface area contributed by atoms with Gasteiger partial charge in [0.05, 0.1) is 5.69 Å². The Hall–Kier alpha value is -2.10. The van der Waals surface area contributed by atoms with Crippen molar-refractivity contribution < 1.29 is 9.53 Å². The van der Waals surface area contributed by atoms with Gasteiger partial charge in [0.25, 0.3) is 0 Å². The van der Waals surface area contributed by atoms with Crippen molar-refractivity contribution in [3.63, 3.8) is 0 Å². The number of rotatable bonds is 4. The number of H-pyrrole nitrogens is 1. The van der Waals surface area contributed by atoms with E-state index in [1.54, 1.807) is 6.07 Å². The topological polar surface area (TPSA) is 55.0 Å². The van der Waals surface area contributed by atoms with Gasteiger partial charge in [-0.3, -0.25) is 9.89 Å². The van der Waals surface area contributed by atoms with Crippen LogP contribution in [0.5, 0.6) is 5.88 Å². The lowest BCUT2D eigenvalue weighted by molar-refractivity contribution is -0.109. The SMILES string of the molecule is O=CCOc1cc(-c2ccccc2)[nH]n1. The molecule has 2 rings (SSSR count). The maximum atomic E-state index is 10.1. The molecular weight excluding hydrogens is 192 g/mol. The van der Waals surface area contributed by atoms with Crippen molar-refractivity contribution in [3.8, 4) is 17.1 Å². The maximum absolute atomic E-state index is 10.1. The molecule has 0 spiro atoms. The van der Waals surface area contributed by atoms with E-state index in [-0.39, 0.29) is 6.61 Å². The molecule has 0 saturated carbocycles. The van der Waals surface area contributed by atoms with E-state index in [2.05, 4.69) is 10.2 Å². The van der Waals surface area contributed by atoms with Gasteiger partial charge >= 0.3 is 0 Å². The van der Waals surface area contributed by atoms with Crippen LogP contribution in [0.4, 0.5) is 0 Å². The van der Waals surface area contributed by atoms with Gasteiger partial charge in [-0.1, -0.05) is 30.3 Å². The summed E-state index contributed by atoms with van der Waals surface area (Å²) in [6, 6.07) is 11.5. The molecule has 0 aliphatic heterocycles. The van der Waals surface area contributed by atoms with Gasteiger partial charge in [-0.05, 0) is 5.56 Å². The van der Waals surface area contributed by atoms with Crippen LogP contribution in [0, 0.1) is 0 Å². The van der Waals surface area contributed by atoms with Crippen LogP contribution < -0.4 is 4.74 Å². The normalized spacial score (nSPS) is 9.87. The monoisotopic (exact) mass is 202 g/mol. The van der Waals surface area contributed by atoms with E-state index in [0.29, 0.717) is 12.2 Å². The van der Waals surface area contributed by atoms with Gasteiger partial charge in [-0.15, -0.1) is 5.10 Å². The third-order valence-electron chi connectivity index (χ3n) is 1.94. The zero-order chi connectivity index (χ0) is 10.5. The van der Waals surface area contributed by atoms with Gasteiger partial charge in [-0.25, -0.2) is 0 Å². The first-order valence-electron chi connectivity index (χ1n) is 4.57. The summed E-state index contributed by atoms with van der Waals surface area (Å²) in [6.45, 7) is 0.0269. The van der Waals surface area contributed by atoms with Crippen molar-refractivity contribution in [1.29, 1.82) is 0 Å². The van der Waals surface area contributed by atoms with Crippen molar-refractivity contribution in [2.45, 2.75) is 0 Å². The number of aromatic amines is 1. The number of nitrogens with one attached hydrogen (secondary N) is 1. The third kappa shape index (κ3) is 2.22. The number of carbonyl (C=O) groups is 1. The smallest absolute Gasteiger partial charge is 0.233 e. The van der Waals surface area contributed by atoms with E-state index in [9.17, 15) is 4.79 Å². The summed E-state index contributed by atoms with van der Waals surface area (Å²) in [6.07, 6.45) is 0.691. The number of hydrogen-bond acceptors (Lipinski definition) is 3. The zero-order valence-corrected chi connectivity index (χ0v) is 8.01. The van der Waals surface area contributed by atoms with Crippen molar-refractivity contribution in [3.05, 3.63) is 36.4 Å². The molecule has 0 aliphatic carbocycles. The molecule has 0 aliphatic rings. The minimum atomic E-state index is 0.0269. The molecule has 4 nitrogen and oxygen atoms in total. The standard InChI is InChI=1S/C11H10N2O2/c14-6-7-15-11-8-10(12-13-11)9-4-2-1-3-5-9/h1-6,8H,7H2,(H,12,13). The molecule has 0 unspecified atom stereocenters. The van der Waals surface area contributed by atoms with Gasteiger partial charge in [0.2, 0.25) is 5.88 Å². The Balaban J connectivity index is 2.17. The molecule has 1 aromatic heterocycles. The summed E-state index contributed by atoms with van der Waals surface area (Å²) in [5.74, 6) is 0.431. The fourth-order valence-corrected chi connectivity index (χ4v) is 1.26. The van der Waals surface area contributed by atoms with Crippen LogP contribution in [0.3, 0.4) is 0 Å². The van der Waals surface area contributed by atoms with Gasteiger partial charge < -0.3 is 4.74 Å². The molecule has 1 heterocycles. The number of hydrogen-bond donors (Lipinski definition) is 1. The lowest BCUT2D eigenvalue weighted by atomic mass is 10.2. The summed E-state index contributed by atoms with van der Waals surface area (Å²) < 4.78 is 5.05. The van der Waals surface area contributed by atoms with Crippen molar-refractivity contribution in [2.75, 3.05) is 6.61 Å². The number of aromatic nitrogens is 2. The summed E-state index contributed by atoms with van der Waals surface area (Å²) in [4.78, 5) is 10.1. The molecule has 2 aromatic rings. The molecule has 0 amide bonds. The maximum Gasteiger partial charge on any atom is 0.233 e. The molecule has 76 valence electrons. The molecule has 0 saturated heterocycles. The van der Waals surface area contributed by atoms with Crippen molar-refractivity contribution >= 4 is 6.29 Å². The van der Waals surface area contributed by atoms with E-state index in [1.165, 1.54) is 0 Å². The van der Waals surface area contributed by atoms with Crippen molar-refractivity contribution in [1.82, 2.24) is 10.2 Å². The van der Waals surface area contributed by atoms with Crippen LogP contribution >= 0.6 is 0 Å². The number of benzene rings is 1. The van der Waals surface area contributed by atoms with Crippen LogP contribution in [0.25, 0.3) is 11.3 Å². The quantitative estimate of drug-likeness (QED) is 0.767. The Kier molecular flexibility index (Phi) is 2.78. The second kappa shape index (κ2) is 4.41. The van der Waals surface area contributed by atoms with Crippen LogP contribution in [-0.2, 0) is 4.79 Å². The lowest BCUT2D eigenvalue weighted by Gasteiger charge is -1.94. The summed E-state index contributed by atoms with van der Waals surface area (Å²) in [7, 11) is 0. The molecule has 0 bridgehead atoms. The van der Waals surface area contributed by atoms with Crippen LogP contribution in [0.15, 0.2) is 36.4 Å². The summed E-state index contributed by atoms with van der Waals surface area (Å²) >= 11 is 0. The highest BCUT2D eigenvalue weighted by molar-refractivity contribution is 5.59. The Bertz CT molecular complexity index is 437. The average Bonchev–Trinajstić information content (AvgIpc) is 2.76. The molecule has 15 heavy (non-hydrogen) atoms. The van der Waals surface area contributed by atoms with Crippen LogP contribution in [0.2, 0.25) is 0 Å². The fraction of sp³-hybridized carbons (Fsp3) is 0.0909. The van der Waals surface area contributed by atoms with Crippen LogP contribution in [0.1, 0.15) is 0 Å². The van der Waals surface area contributed by atoms with E-state index in [1.807, 2.05) is 30.3 Å².